The van der Waals surface area contributed by atoms with E-state index in [-0.39, 0.29) is 17.2 Å². The Balaban J connectivity index is 1.38. The number of hydrogen-bond acceptors (Lipinski definition) is 6. The number of pyridine rings is 1. The number of carbonyl (C=O) groups excluding carboxylic acids is 1. The molecule has 0 saturated heterocycles. The van der Waals surface area contributed by atoms with Gasteiger partial charge in [-0.3, -0.25) is 19.1 Å². The summed E-state index contributed by atoms with van der Waals surface area (Å²) in [6, 6.07) is 19.2. The average Bonchev–Trinajstić information content (AvgIpc) is 3.25. The lowest BCUT2D eigenvalue weighted by Gasteiger charge is -2.10. The molecule has 6 nitrogen and oxygen atoms in total. The second-order valence-electron chi connectivity index (χ2n) is 7.17. The number of nitrogens with one attached hydrogen (secondary N) is 1. The lowest BCUT2D eigenvalue weighted by Crippen LogP contribution is -2.21. The van der Waals surface area contributed by atoms with E-state index in [0.717, 1.165) is 22.0 Å². The van der Waals surface area contributed by atoms with E-state index in [9.17, 15) is 9.59 Å². The third-order valence-electron chi connectivity index (χ3n) is 5.11. The molecule has 0 saturated carbocycles. The summed E-state index contributed by atoms with van der Waals surface area (Å²) in [5.74, 6) is -0.0313. The molecule has 0 atom stereocenters. The molecule has 8 heteroatoms. The largest absolute Gasteiger partial charge is 0.325 e. The highest BCUT2D eigenvalue weighted by molar-refractivity contribution is 7.99. The number of rotatable bonds is 5. The Morgan fingerprint density at radius 3 is 2.78 bits per heavy atom. The number of amides is 1. The minimum Gasteiger partial charge on any atom is -0.325 e. The molecule has 0 aliphatic heterocycles. The van der Waals surface area contributed by atoms with Gasteiger partial charge in [-0.05, 0) is 29.8 Å². The van der Waals surface area contributed by atoms with E-state index in [1.165, 1.54) is 27.7 Å². The molecule has 1 amide bonds. The maximum absolute atomic E-state index is 13.1. The summed E-state index contributed by atoms with van der Waals surface area (Å²) in [7, 11) is 1.69. The summed E-state index contributed by atoms with van der Waals surface area (Å²) in [5.41, 5.74) is 3.29. The molecular formula is C24H18N4O2S2. The van der Waals surface area contributed by atoms with Crippen molar-refractivity contribution >= 4 is 55.8 Å². The van der Waals surface area contributed by atoms with Crippen LogP contribution in [-0.4, -0.2) is 26.2 Å². The van der Waals surface area contributed by atoms with Crippen molar-refractivity contribution in [3.63, 3.8) is 0 Å². The predicted molar refractivity (Wildman–Crippen MR) is 131 cm³/mol. The summed E-state index contributed by atoms with van der Waals surface area (Å²) < 4.78 is 1.52. The fraction of sp³-hybridized carbons (Fsp3) is 0.0833. The molecule has 158 valence electrons. The summed E-state index contributed by atoms with van der Waals surface area (Å²) in [6.07, 6.45) is 1.72. The third-order valence-corrected chi connectivity index (χ3v) is 7.01. The highest BCUT2D eigenvalue weighted by Crippen LogP contribution is 2.32. The monoisotopic (exact) mass is 458 g/mol. The van der Waals surface area contributed by atoms with Crippen LogP contribution in [0.25, 0.3) is 32.2 Å². The highest BCUT2D eigenvalue weighted by Gasteiger charge is 2.16. The lowest BCUT2D eigenvalue weighted by molar-refractivity contribution is -0.113. The van der Waals surface area contributed by atoms with Crippen molar-refractivity contribution in [2.24, 2.45) is 7.05 Å². The van der Waals surface area contributed by atoms with Gasteiger partial charge < -0.3 is 5.32 Å². The number of benzene rings is 2. The molecule has 0 aliphatic rings. The maximum Gasteiger partial charge on any atom is 0.263 e. The first-order valence-corrected chi connectivity index (χ1v) is 11.8. The third kappa shape index (κ3) is 3.79. The Morgan fingerprint density at radius 1 is 1.09 bits per heavy atom. The number of anilines is 1. The molecule has 5 aromatic rings. The second kappa shape index (κ2) is 8.57. The van der Waals surface area contributed by atoms with Crippen LogP contribution in [-0.2, 0) is 11.8 Å². The van der Waals surface area contributed by atoms with Gasteiger partial charge in [0.2, 0.25) is 5.91 Å². The Kier molecular flexibility index (Phi) is 5.46. The molecule has 0 spiro atoms. The van der Waals surface area contributed by atoms with Crippen LogP contribution < -0.4 is 10.9 Å². The van der Waals surface area contributed by atoms with E-state index in [0.29, 0.717) is 21.1 Å². The topological polar surface area (TPSA) is 76.9 Å². The fourth-order valence-electron chi connectivity index (χ4n) is 3.54. The number of fused-ring (bicyclic) bond motifs is 2. The van der Waals surface area contributed by atoms with Gasteiger partial charge in [-0.1, -0.05) is 48.2 Å². The zero-order valence-corrected chi connectivity index (χ0v) is 18.7. The van der Waals surface area contributed by atoms with Crippen molar-refractivity contribution in [2.75, 3.05) is 11.1 Å². The van der Waals surface area contributed by atoms with Gasteiger partial charge in [-0.15, -0.1) is 11.3 Å². The van der Waals surface area contributed by atoms with Crippen molar-refractivity contribution in [3.05, 3.63) is 82.6 Å². The molecule has 0 bridgehead atoms. The van der Waals surface area contributed by atoms with Crippen molar-refractivity contribution in [1.29, 1.82) is 0 Å². The SMILES string of the molecule is Cn1c(SCC(=O)Nc2cccc3ncccc23)nc2scc(-c3ccccc3)c2c1=O. The number of thioether (sulfide) groups is 1. The van der Waals surface area contributed by atoms with Gasteiger partial charge in [0, 0.05) is 29.6 Å². The van der Waals surface area contributed by atoms with Crippen LogP contribution in [0, 0.1) is 0 Å². The molecule has 3 heterocycles. The van der Waals surface area contributed by atoms with Gasteiger partial charge in [0.05, 0.1) is 22.3 Å². The van der Waals surface area contributed by atoms with Gasteiger partial charge in [0.15, 0.2) is 5.16 Å². The van der Waals surface area contributed by atoms with Gasteiger partial charge >= 0.3 is 0 Å². The van der Waals surface area contributed by atoms with Gasteiger partial charge in [0.1, 0.15) is 4.83 Å². The standard InChI is InChI=1S/C24H18N4O2S2/c1-28-23(30)21-17(15-7-3-2-4-8-15)13-31-22(21)27-24(28)32-14-20(29)26-19-11-5-10-18-16(19)9-6-12-25-18/h2-13H,14H2,1H3,(H,26,29). The molecule has 0 unspecified atom stereocenters. The predicted octanol–water partition coefficient (Wildman–Crippen LogP) is 4.94. The Hall–Kier alpha value is -3.49. The molecule has 0 radical (unpaired) electrons. The number of aromatic nitrogens is 3. The van der Waals surface area contributed by atoms with Crippen LogP contribution in [0.1, 0.15) is 0 Å². The Labute approximate surface area is 192 Å². The van der Waals surface area contributed by atoms with E-state index >= 15 is 0 Å². The van der Waals surface area contributed by atoms with Crippen LogP contribution >= 0.6 is 23.1 Å². The number of hydrogen-bond donors (Lipinski definition) is 1. The van der Waals surface area contributed by atoms with E-state index in [1.54, 1.807) is 13.2 Å². The highest BCUT2D eigenvalue weighted by atomic mass is 32.2. The molecule has 2 aromatic carbocycles. The minimum atomic E-state index is -0.170. The first-order valence-electron chi connectivity index (χ1n) is 9.92. The smallest absolute Gasteiger partial charge is 0.263 e. The van der Waals surface area contributed by atoms with Gasteiger partial charge in [-0.25, -0.2) is 4.98 Å². The molecule has 5 rings (SSSR count). The van der Waals surface area contributed by atoms with Crippen molar-refractivity contribution in [3.8, 4) is 11.1 Å². The number of thiophene rings is 1. The van der Waals surface area contributed by atoms with Crippen LogP contribution in [0.15, 0.2) is 82.2 Å². The van der Waals surface area contributed by atoms with E-state index < -0.39 is 0 Å². The summed E-state index contributed by atoms with van der Waals surface area (Å²) in [6.45, 7) is 0. The van der Waals surface area contributed by atoms with Gasteiger partial charge in [0.25, 0.3) is 5.56 Å². The number of carbonyl (C=O) groups is 1. The maximum atomic E-state index is 13.1. The first-order chi connectivity index (χ1) is 15.6. The van der Waals surface area contributed by atoms with E-state index in [2.05, 4.69) is 15.3 Å². The fourth-order valence-corrected chi connectivity index (χ4v) is 5.30. The van der Waals surface area contributed by atoms with Crippen molar-refractivity contribution < 1.29 is 4.79 Å². The second-order valence-corrected chi connectivity index (χ2v) is 8.97. The molecule has 0 fully saturated rings. The molecular weight excluding hydrogens is 440 g/mol. The molecule has 1 N–H and O–H groups in total. The normalized spacial score (nSPS) is 11.2. The molecule has 0 aliphatic carbocycles. The van der Waals surface area contributed by atoms with Crippen LogP contribution in [0.5, 0.6) is 0 Å². The Bertz CT molecular complexity index is 1500. The quantitative estimate of drug-likeness (QED) is 0.298. The first kappa shape index (κ1) is 20.4. The minimum absolute atomic E-state index is 0.113. The van der Waals surface area contributed by atoms with E-state index in [4.69, 9.17) is 0 Å². The zero-order valence-electron chi connectivity index (χ0n) is 17.1. The molecule has 32 heavy (non-hydrogen) atoms. The van der Waals surface area contributed by atoms with Crippen LogP contribution in [0.2, 0.25) is 0 Å². The van der Waals surface area contributed by atoms with Crippen LogP contribution in [0.3, 0.4) is 0 Å². The summed E-state index contributed by atoms with van der Waals surface area (Å²) in [5, 5.41) is 6.91. The van der Waals surface area contributed by atoms with Crippen molar-refractivity contribution in [1.82, 2.24) is 14.5 Å². The molecule has 3 aromatic heterocycles. The Morgan fingerprint density at radius 2 is 1.94 bits per heavy atom. The van der Waals surface area contributed by atoms with Crippen LogP contribution in [0.4, 0.5) is 5.69 Å². The number of nitrogens with zero attached hydrogens (tertiary/aromatic N) is 3. The van der Waals surface area contributed by atoms with E-state index in [1.807, 2.05) is 66.0 Å². The average molecular weight is 459 g/mol. The summed E-state index contributed by atoms with van der Waals surface area (Å²) >= 11 is 2.68. The lowest BCUT2D eigenvalue weighted by atomic mass is 10.1. The van der Waals surface area contributed by atoms with Crippen molar-refractivity contribution in [2.45, 2.75) is 5.16 Å². The van der Waals surface area contributed by atoms with Gasteiger partial charge in [-0.2, -0.15) is 0 Å². The zero-order chi connectivity index (χ0) is 22.1. The summed E-state index contributed by atoms with van der Waals surface area (Å²) in [4.78, 5) is 35.4.